The lowest BCUT2D eigenvalue weighted by atomic mass is 10.2. The van der Waals surface area contributed by atoms with Crippen molar-refractivity contribution in [1.29, 1.82) is 0 Å². The van der Waals surface area contributed by atoms with Gasteiger partial charge in [0.2, 0.25) is 5.91 Å². The maximum Gasteiger partial charge on any atom is 0.326 e. The highest BCUT2D eigenvalue weighted by Gasteiger charge is 2.22. The normalized spacial score (nSPS) is 15.3. The smallest absolute Gasteiger partial charge is 0.326 e. The Morgan fingerprint density at radius 3 is 2.55 bits per heavy atom. The number of ether oxygens (including phenoxy) is 2. The van der Waals surface area contributed by atoms with Crippen molar-refractivity contribution in [2.24, 2.45) is 0 Å². The molecule has 1 amide bonds. The Bertz CT molecular complexity index is 486. The number of carbonyl (C=O) groups excluding carboxylic acids is 2. The zero-order valence-corrected chi connectivity index (χ0v) is 12.9. The van der Waals surface area contributed by atoms with Crippen molar-refractivity contribution in [2.75, 3.05) is 50.9 Å². The highest BCUT2D eigenvalue weighted by Crippen LogP contribution is 2.14. The van der Waals surface area contributed by atoms with E-state index >= 15 is 0 Å². The van der Waals surface area contributed by atoms with Gasteiger partial charge in [-0.1, -0.05) is 18.2 Å². The maximum absolute atomic E-state index is 12.6. The summed E-state index contributed by atoms with van der Waals surface area (Å²) in [5, 5.41) is 0. The second kappa shape index (κ2) is 8.51. The summed E-state index contributed by atoms with van der Waals surface area (Å²) in [6.45, 7) is 4.99. The van der Waals surface area contributed by atoms with Gasteiger partial charge in [-0.3, -0.25) is 14.5 Å². The molecule has 0 saturated carbocycles. The zero-order chi connectivity index (χ0) is 15.8. The maximum atomic E-state index is 12.6. The van der Waals surface area contributed by atoms with E-state index < -0.39 is 5.97 Å². The van der Waals surface area contributed by atoms with E-state index in [1.807, 2.05) is 35.2 Å². The van der Waals surface area contributed by atoms with Crippen LogP contribution in [0.2, 0.25) is 0 Å². The SMILES string of the molecule is CCOC(=O)CN(C(=O)CN1CCOCC1)c1ccccc1. The van der Waals surface area contributed by atoms with Crippen LogP contribution in [0.1, 0.15) is 6.92 Å². The van der Waals surface area contributed by atoms with Crippen LogP contribution < -0.4 is 4.90 Å². The van der Waals surface area contributed by atoms with E-state index in [0.717, 1.165) is 13.1 Å². The first-order chi connectivity index (χ1) is 10.7. The molecule has 0 bridgehead atoms. The van der Waals surface area contributed by atoms with E-state index in [2.05, 4.69) is 0 Å². The van der Waals surface area contributed by atoms with Crippen molar-refractivity contribution < 1.29 is 19.1 Å². The van der Waals surface area contributed by atoms with E-state index in [4.69, 9.17) is 9.47 Å². The van der Waals surface area contributed by atoms with Gasteiger partial charge in [-0.05, 0) is 19.1 Å². The Balaban J connectivity index is 2.05. The lowest BCUT2D eigenvalue weighted by molar-refractivity contribution is -0.142. The summed E-state index contributed by atoms with van der Waals surface area (Å²) in [5.74, 6) is -0.511. The second-order valence-electron chi connectivity index (χ2n) is 5.01. The van der Waals surface area contributed by atoms with Crippen molar-refractivity contribution in [3.63, 3.8) is 0 Å². The number of anilines is 1. The van der Waals surface area contributed by atoms with E-state index in [1.54, 1.807) is 6.92 Å². The largest absolute Gasteiger partial charge is 0.465 e. The minimum atomic E-state index is -0.401. The molecule has 1 aliphatic heterocycles. The van der Waals surface area contributed by atoms with Gasteiger partial charge >= 0.3 is 5.97 Å². The minimum Gasteiger partial charge on any atom is -0.465 e. The molecule has 1 aromatic rings. The molecule has 1 saturated heterocycles. The average molecular weight is 306 g/mol. The summed E-state index contributed by atoms with van der Waals surface area (Å²) in [6.07, 6.45) is 0. The second-order valence-corrected chi connectivity index (χ2v) is 5.01. The van der Waals surface area contributed by atoms with E-state index in [1.165, 1.54) is 4.90 Å². The third-order valence-corrected chi connectivity index (χ3v) is 3.42. The van der Waals surface area contributed by atoms with Crippen LogP contribution in [-0.4, -0.2) is 62.8 Å². The Morgan fingerprint density at radius 1 is 1.23 bits per heavy atom. The molecular formula is C16H22N2O4. The first-order valence-corrected chi connectivity index (χ1v) is 7.52. The van der Waals surface area contributed by atoms with Crippen molar-refractivity contribution in [3.05, 3.63) is 30.3 Å². The first kappa shape index (κ1) is 16.5. The molecule has 22 heavy (non-hydrogen) atoms. The molecule has 0 aliphatic carbocycles. The molecule has 0 radical (unpaired) electrons. The van der Waals surface area contributed by atoms with E-state index in [0.29, 0.717) is 25.5 Å². The standard InChI is InChI=1S/C16H22N2O4/c1-2-22-16(20)13-18(14-6-4-3-5-7-14)15(19)12-17-8-10-21-11-9-17/h3-7H,2,8-13H2,1H3. The molecule has 1 aliphatic rings. The zero-order valence-electron chi connectivity index (χ0n) is 12.9. The number of rotatable bonds is 6. The topological polar surface area (TPSA) is 59.1 Å². The van der Waals surface area contributed by atoms with Gasteiger partial charge in [-0.25, -0.2) is 0 Å². The predicted octanol–water partition coefficient (Wildman–Crippen LogP) is 0.915. The lowest BCUT2D eigenvalue weighted by Gasteiger charge is -2.29. The third-order valence-electron chi connectivity index (χ3n) is 3.42. The molecular weight excluding hydrogens is 284 g/mol. The summed E-state index contributed by atoms with van der Waals surface area (Å²) >= 11 is 0. The number of hydrogen-bond acceptors (Lipinski definition) is 5. The number of para-hydroxylation sites is 1. The molecule has 1 aromatic carbocycles. The summed E-state index contributed by atoms with van der Waals surface area (Å²) in [7, 11) is 0. The van der Waals surface area contributed by atoms with Crippen LogP contribution in [0.4, 0.5) is 5.69 Å². The van der Waals surface area contributed by atoms with Crippen molar-refractivity contribution >= 4 is 17.6 Å². The van der Waals surface area contributed by atoms with Crippen LogP contribution >= 0.6 is 0 Å². The first-order valence-electron chi connectivity index (χ1n) is 7.52. The molecule has 6 heteroatoms. The van der Waals surface area contributed by atoms with Gasteiger partial charge in [0.25, 0.3) is 0 Å². The fourth-order valence-electron chi connectivity index (χ4n) is 2.30. The summed E-state index contributed by atoms with van der Waals surface area (Å²) in [5.41, 5.74) is 0.703. The number of morpholine rings is 1. The van der Waals surface area contributed by atoms with Gasteiger partial charge in [0.1, 0.15) is 6.54 Å². The number of carbonyl (C=O) groups is 2. The van der Waals surface area contributed by atoms with Crippen LogP contribution in [0, 0.1) is 0 Å². The predicted molar refractivity (Wildman–Crippen MR) is 82.7 cm³/mol. The molecule has 0 spiro atoms. The highest BCUT2D eigenvalue weighted by molar-refractivity contribution is 5.98. The summed E-state index contributed by atoms with van der Waals surface area (Å²) < 4.78 is 10.2. The minimum absolute atomic E-state index is 0.0684. The van der Waals surface area contributed by atoms with Gasteiger partial charge in [0, 0.05) is 18.8 Å². The molecule has 0 atom stereocenters. The lowest BCUT2D eigenvalue weighted by Crippen LogP contribution is -2.46. The molecule has 6 nitrogen and oxygen atoms in total. The molecule has 2 rings (SSSR count). The Kier molecular flexibility index (Phi) is 6.36. The monoisotopic (exact) mass is 306 g/mol. The fraction of sp³-hybridized carbons (Fsp3) is 0.500. The molecule has 1 fully saturated rings. The van der Waals surface area contributed by atoms with Crippen LogP contribution in [-0.2, 0) is 19.1 Å². The number of esters is 1. The Labute approximate surface area is 130 Å². The van der Waals surface area contributed by atoms with Gasteiger partial charge in [0.15, 0.2) is 0 Å². The van der Waals surface area contributed by atoms with Crippen molar-refractivity contribution in [1.82, 2.24) is 4.90 Å². The van der Waals surface area contributed by atoms with Gasteiger partial charge in [0.05, 0.1) is 26.4 Å². The van der Waals surface area contributed by atoms with Crippen molar-refractivity contribution in [3.8, 4) is 0 Å². The van der Waals surface area contributed by atoms with Crippen molar-refractivity contribution in [2.45, 2.75) is 6.92 Å². The number of nitrogens with zero attached hydrogens (tertiary/aromatic N) is 2. The number of hydrogen-bond donors (Lipinski definition) is 0. The Morgan fingerprint density at radius 2 is 1.91 bits per heavy atom. The van der Waals surface area contributed by atoms with Crippen LogP contribution in [0.15, 0.2) is 30.3 Å². The molecule has 0 N–H and O–H groups in total. The quantitative estimate of drug-likeness (QED) is 0.731. The van der Waals surface area contributed by atoms with E-state index in [9.17, 15) is 9.59 Å². The van der Waals surface area contributed by atoms with Crippen LogP contribution in [0.3, 0.4) is 0 Å². The van der Waals surface area contributed by atoms with Crippen LogP contribution in [0.5, 0.6) is 0 Å². The third kappa shape index (κ3) is 4.82. The molecule has 120 valence electrons. The highest BCUT2D eigenvalue weighted by atomic mass is 16.5. The van der Waals surface area contributed by atoms with Gasteiger partial charge < -0.3 is 14.4 Å². The number of amides is 1. The molecule has 0 unspecified atom stereocenters. The summed E-state index contributed by atoms with van der Waals surface area (Å²) in [4.78, 5) is 27.9. The molecule has 1 heterocycles. The average Bonchev–Trinajstić information content (AvgIpc) is 2.54. The van der Waals surface area contributed by atoms with Gasteiger partial charge in [-0.2, -0.15) is 0 Å². The fourth-order valence-corrected chi connectivity index (χ4v) is 2.30. The van der Waals surface area contributed by atoms with Crippen LogP contribution in [0.25, 0.3) is 0 Å². The summed E-state index contributed by atoms with van der Waals surface area (Å²) in [6, 6.07) is 9.19. The molecule has 0 aromatic heterocycles. The van der Waals surface area contributed by atoms with Gasteiger partial charge in [-0.15, -0.1) is 0 Å². The number of benzene rings is 1. The Hall–Kier alpha value is -1.92. The van der Waals surface area contributed by atoms with E-state index in [-0.39, 0.29) is 19.0 Å².